The van der Waals surface area contributed by atoms with Crippen molar-refractivity contribution in [3.05, 3.63) is 65.7 Å². The lowest BCUT2D eigenvalue weighted by atomic mass is 10.0. The molecule has 0 radical (unpaired) electrons. The Morgan fingerprint density at radius 2 is 1.63 bits per heavy atom. The van der Waals surface area contributed by atoms with Gasteiger partial charge in [0.05, 0.1) is 7.11 Å². The van der Waals surface area contributed by atoms with Crippen LogP contribution >= 0.6 is 0 Å². The lowest BCUT2D eigenvalue weighted by Gasteiger charge is -2.39. The fourth-order valence-corrected chi connectivity index (χ4v) is 3.56. The second-order valence-electron chi connectivity index (χ2n) is 7.21. The van der Waals surface area contributed by atoms with Gasteiger partial charge in [0, 0.05) is 46.8 Å². The Morgan fingerprint density at radius 3 is 2.19 bits per heavy atom. The van der Waals surface area contributed by atoms with Gasteiger partial charge in [-0.2, -0.15) is 0 Å². The van der Waals surface area contributed by atoms with E-state index in [1.165, 1.54) is 5.56 Å². The molecular formula is C22H29N3O2. The Hall–Kier alpha value is -2.37. The van der Waals surface area contributed by atoms with Crippen LogP contribution in [0.25, 0.3) is 0 Å². The summed E-state index contributed by atoms with van der Waals surface area (Å²) in [6.07, 6.45) is 0. The summed E-state index contributed by atoms with van der Waals surface area (Å²) in [4.78, 5) is 19.3. The van der Waals surface area contributed by atoms with Crippen LogP contribution in [-0.2, 0) is 11.3 Å². The van der Waals surface area contributed by atoms with Crippen molar-refractivity contribution in [1.82, 2.24) is 14.7 Å². The maximum atomic E-state index is 12.8. The Labute approximate surface area is 162 Å². The van der Waals surface area contributed by atoms with Crippen molar-refractivity contribution in [2.24, 2.45) is 0 Å². The van der Waals surface area contributed by atoms with Gasteiger partial charge in [0.15, 0.2) is 0 Å². The maximum Gasteiger partial charge on any atom is 0.244 e. The van der Waals surface area contributed by atoms with Gasteiger partial charge in [0.1, 0.15) is 11.8 Å². The highest BCUT2D eigenvalue weighted by Gasteiger charge is 2.31. The smallest absolute Gasteiger partial charge is 0.244 e. The van der Waals surface area contributed by atoms with Gasteiger partial charge < -0.3 is 9.64 Å². The van der Waals surface area contributed by atoms with Crippen molar-refractivity contribution in [2.75, 3.05) is 47.4 Å². The summed E-state index contributed by atoms with van der Waals surface area (Å²) in [6, 6.07) is 18.2. The van der Waals surface area contributed by atoms with Crippen LogP contribution < -0.4 is 4.74 Å². The molecule has 5 heteroatoms. The average Bonchev–Trinajstić information content (AvgIpc) is 2.71. The van der Waals surface area contributed by atoms with E-state index in [0.29, 0.717) is 0 Å². The summed E-state index contributed by atoms with van der Waals surface area (Å²) in [5.74, 6) is 1.03. The minimum absolute atomic E-state index is 0.143. The van der Waals surface area contributed by atoms with Crippen LogP contribution in [0.1, 0.15) is 17.2 Å². The van der Waals surface area contributed by atoms with Crippen LogP contribution in [0.5, 0.6) is 5.75 Å². The molecule has 2 aromatic carbocycles. The molecule has 5 nitrogen and oxygen atoms in total. The topological polar surface area (TPSA) is 36.0 Å². The molecule has 0 aliphatic carbocycles. The Kier molecular flexibility index (Phi) is 6.48. The first-order valence-electron chi connectivity index (χ1n) is 9.44. The van der Waals surface area contributed by atoms with Gasteiger partial charge in [-0.25, -0.2) is 0 Å². The van der Waals surface area contributed by atoms with E-state index in [1.807, 2.05) is 44.4 Å². The van der Waals surface area contributed by atoms with Crippen LogP contribution in [-0.4, -0.2) is 68.0 Å². The number of carbonyl (C=O) groups excluding carboxylic acids is 1. The molecule has 0 bridgehead atoms. The van der Waals surface area contributed by atoms with Gasteiger partial charge in [-0.05, 0) is 23.3 Å². The van der Waals surface area contributed by atoms with Crippen molar-refractivity contribution in [3.63, 3.8) is 0 Å². The van der Waals surface area contributed by atoms with Crippen molar-refractivity contribution in [1.29, 1.82) is 0 Å². The van der Waals surface area contributed by atoms with E-state index in [0.717, 1.165) is 44.0 Å². The molecule has 27 heavy (non-hydrogen) atoms. The lowest BCUT2D eigenvalue weighted by Crippen LogP contribution is -2.50. The first kappa shape index (κ1) is 19.4. The number of hydrogen-bond acceptors (Lipinski definition) is 4. The highest BCUT2D eigenvalue weighted by Crippen LogP contribution is 2.24. The number of piperazine rings is 1. The van der Waals surface area contributed by atoms with Gasteiger partial charge in [0.25, 0.3) is 0 Å². The van der Waals surface area contributed by atoms with Crippen LogP contribution in [0.15, 0.2) is 54.6 Å². The van der Waals surface area contributed by atoms with Crippen molar-refractivity contribution >= 4 is 5.91 Å². The largest absolute Gasteiger partial charge is 0.497 e. The van der Waals surface area contributed by atoms with E-state index in [-0.39, 0.29) is 11.9 Å². The van der Waals surface area contributed by atoms with E-state index in [9.17, 15) is 4.79 Å². The molecule has 1 saturated heterocycles. The zero-order valence-corrected chi connectivity index (χ0v) is 16.5. The molecule has 0 spiro atoms. The first-order chi connectivity index (χ1) is 13.1. The summed E-state index contributed by atoms with van der Waals surface area (Å²) in [6.45, 7) is 4.60. The zero-order chi connectivity index (χ0) is 19.2. The van der Waals surface area contributed by atoms with E-state index in [2.05, 4.69) is 34.1 Å². The number of nitrogens with zero attached hydrogens (tertiary/aromatic N) is 3. The van der Waals surface area contributed by atoms with E-state index < -0.39 is 0 Å². The summed E-state index contributed by atoms with van der Waals surface area (Å²) >= 11 is 0. The molecule has 1 fully saturated rings. The molecule has 0 aromatic heterocycles. The standard InChI is InChI=1S/C22H29N3O2/c1-23(2)22(26)21(19-7-5-4-6-8-19)25-15-13-24(14-16-25)17-18-9-11-20(27-3)12-10-18/h4-12,21H,13-17H2,1-3H3/t21-/m1/s1. The molecule has 0 unspecified atom stereocenters. The summed E-state index contributed by atoms with van der Waals surface area (Å²) in [5.41, 5.74) is 2.35. The molecule has 1 heterocycles. The third-order valence-electron chi connectivity index (χ3n) is 5.13. The summed E-state index contributed by atoms with van der Waals surface area (Å²) in [5, 5.41) is 0. The number of hydrogen-bond donors (Lipinski definition) is 0. The molecule has 2 aromatic rings. The van der Waals surface area contributed by atoms with Gasteiger partial charge in [-0.1, -0.05) is 42.5 Å². The highest BCUT2D eigenvalue weighted by atomic mass is 16.5. The predicted octanol–water partition coefficient (Wildman–Crippen LogP) is 2.64. The van der Waals surface area contributed by atoms with Gasteiger partial charge in [-0.3, -0.25) is 14.6 Å². The molecule has 1 aliphatic rings. The highest BCUT2D eigenvalue weighted by molar-refractivity contribution is 5.82. The second-order valence-corrected chi connectivity index (χ2v) is 7.21. The average molecular weight is 367 g/mol. The number of rotatable bonds is 6. The molecule has 1 atom stereocenters. The molecule has 0 saturated carbocycles. The Bertz CT molecular complexity index is 723. The Balaban J connectivity index is 1.64. The number of amides is 1. The third-order valence-corrected chi connectivity index (χ3v) is 5.13. The van der Waals surface area contributed by atoms with Crippen molar-refractivity contribution in [3.8, 4) is 5.75 Å². The molecule has 1 aliphatic heterocycles. The van der Waals surface area contributed by atoms with Gasteiger partial charge in [0.2, 0.25) is 5.91 Å². The number of likely N-dealkylation sites (N-methyl/N-ethyl adjacent to an activating group) is 1. The Morgan fingerprint density at radius 1 is 1.00 bits per heavy atom. The number of benzene rings is 2. The third kappa shape index (κ3) is 4.87. The van der Waals surface area contributed by atoms with Crippen LogP contribution in [0.3, 0.4) is 0 Å². The number of carbonyl (C=O) groups is 1. The van der Waals surface area contributed by atoms with Crippen molar-refractivity contribution in [2.45, 2.75) is 12.6 Å². The summed E-state index contributed by atoms with van der Waals surface area (Å²) < 4.78 is 5.23. The van der Waals surface area contributed by atoms with Gasteiger partial charge in [-0.15, -0.1) is 0 Å². The monoisotopic (exact) mass is 367 g/mol. The minimum Gasteiger partial charge on any atom is -0.497 e. The van der Waals surface area contributed by atoms with Gasteiger partial charge >= 0.3 is 0 Å². The normalized spacial score (nSPS) is 16.7. The molecule has 144 valence electrons. The fraction of sp³-hybridized carbons (Fsp3) is 0.409. The predicted molar refractivity (Wildman–Crippen MR) is 108 cm³/mol. The molecular weight excluding hydrogens is 338 g/mol. The lowest BCUT2D eigenvalue weighted by molar-refractivity contribution is -0.135. The molecule has 0 N–H and O–H groups in total. The molecule has 1 amide bonds. The van der Waals surface area contributed by atoms with E-state index in [4.69, 9.17) is 4.74 Å². The first-order valence-corrected chi connectivity index (χ1v) is 9.44. The van der Waals surface area contributed by atoms with Crippen LogP contribution in [0.2, 0.25) is 0 Å². The SMILES string of the molecule is COc1ccc(CN2CCN([C@@H](C(=O)N(C)C)c3ccccc3)CC2)cc1. The van der Waals surface area contributed by atoms with Crippen molar-refractivity contribution < 1.29 is 9.53 Å². The van der Waals surface area contributed by atoms with E-state index >= 15 is 0 Å². The maximum absolute atomic E-state index is 12.8. The zero-order valence-electron chi connectivity index (χ0n) is 16.5. The van der Waals surface area contributed by atoms with E-state index in [1.54, 1.807) is 12.0 Å². The number of ether oxygens (including phenoxy) is 1. The quantitative estimate of drug-likeness (QED) is 0.786. The summed E-state index contributed by atoms with van der Waals surface area (Å²) in [7, 11) is 5.35. The second kappa shape index (κ2) is 9.02. The van der Waals surface area contributed by atoms with Crippen LogP contribution in [0.4, 0.5) is 0 Å². The molecule has 3 rings (SSSR count). The minimum atomic E-state index is -0.204. The number of methoxy groups -OCH3 is 1. The van der Waals surface area contributed by atoms with Crippen LogP contribution in [0, 0.1) is 0 Å². The fourth-order valence-electron chi connectivity index (χ4n) is 3.56.